The molecule has 3 rings (SSSR count). The van der Waals surface area contributed by atoms with E-state index >= 15 is 0 Å². The SMILES string of the molecule is O=C(c1ccc(Cl)cc1)c1cnc2ccccc2[n+]1S(=O)(=O)O. The summed E-state index contributed by atoms with van der Waals surface area (Å²) >= 11 is 5.78. The van der Waals surface area contributed by atoms with Crippen LogP contribution in [-0.2, 0) is 10.3 Å². The summed E-state index contributed by atoms with van der Waals surface area (Å²) in [5.74, 6) is -0.599. The summed E-state index contributed by atoms with van der Waals surface area (Å²) in [6, 6.07) is 12.2. The van der Waals surface area contributed by atoms with Crippen LogP contribution < -0.4 is 3.97 Å². The van der Waals surface area contributed by atoms with Crippen molar-refractivity contribution in [3.63, 3.8) is 0 Å². The van der Waals surface area contributed by atoms with E-state index in [0.29, 0.717) is 14.5 Å². The predicted octanol–water partition coefficient (Wildman–Crippen LogP) is 2.06. The summed E-state index contributed by atoms with van der Waals surface area (Å²) in [5.41, 5.74) is 0.394. The lowest BCUT2D eigenvalue weighted by atomic mass is 10.1. The van der Waals surface area contributed by atoms with Crippen molar-refractivity contribution in [3.8, 4) is 0 Å². The minimum Gasteiger partial charge on any atom is -0.282 e. The predicted molar refractivity (Wildman–Crippen MR) is 83.8 cm³/mol. The molecule has 0 aliphatic rings. The first-order valence-electron chi connectivity index (χ1n) is 6.46. The molecule has 0 amide bonds. The van der Waals surface area contributed by atoms with Crippen LogP contribution in [0.3, 0.4) is 0 Å². The Morgan fingerprint density at radius 2 is 1.74 bits per heavy atom. The molecular weight excluding hydrogens is 340 g/mol. The number of hydrogen-bond acceptors (Lipinski definition) is 4. The Kier molecular flexibility index (Phi) is 3.85. The molecule has 8 heteroatoms. The molecule has 0 bridgehead atoms. The number of halogens is 1. The molecule has 116 valence electrons. The van der Waals surface area contributed by atoms with E-state index in [0.717, 1.165) is 6.20 Å². The molecule has 6 nitrogen and oxygen atoms in total. The molecule has 1 N–H and O–H groups in total. The van der Waals surface area contributed by atoms with Crippen LogP contribution >= 0.6 is 11.6 Å². The number of hydrogen-bond donors (Lipinski definition) is 1. The molecular formula is C15H10ClN2O4S+. The van der Waals surface area contributed by atoms with E-state index in [1.807, 2.05) is 0 Å². The zero-order valence-electron chi connectivity index (χ0n) is 11.5. The summed E-state index contributed by atoms with van der Waals surface area (Å²) in [5, 5.41) is 0.445. The maximum Gasteiger partial charge on any atom is 0.512 e. The smallest absolute Gasteiger partial charge is 0.282 e. The second kappa shape index (κ2) is 5.69. The first kappa shape index (κ1) is 15.5. The molecule has 0 atom stereocenters. The quantitative estimate of drug-likeness (QED) is 0.444. The normalized spacial score (nSPS) is 11.6. The summed E-state index contributed by atoms with van der Waals surface area (Å²) in [6.07, 6.45) is 1.12. The van der Waals surface area contributed by atoms with Crippen molar-refractivity contribution in [2.45, 2.75) is 0 Å². The largest absolute Gasteiger partial charge is 0.512 e. The van der Waals surface area contributed by atoms with Gasteiger partial charge in [0.2, 0.25) is 0 Å². The average Bonchev–Trinajstić information content (AvgIpc) is 2.53. The topological polar surface area (TPSA) is 88.2 Å². The molecule has 0 saturated carbocycles. The lowest BCUT2D eigenvalue weighted by Gasteiger charge is -2.03. The van der Waals surface area contributed by atoms with E-state index in [9.17, 15) is 17.8 Å². The van der Waals surface area contributed by atoms with Crippen molar-refractivity contribution in [2.75, 3.05) is 0 Å². The van der Waals surface area contributed by atoms with Crippen molar-refractivity contribution in [1.29, 1.82) is 0 Å². The molecule has 1 heterocycles. The van der Waals surface area contributed by atoms with Gasteiger partial charge >= 0.3 is 10.3 Å². The Balaban J connectivity index is 2.29. The Labute approximate surface area is 136 Å². The Bertz CT molecular complexity index is 1020. The van der Waals surface area contributed by atoms with Gasteiger partial charge in [0.1, 0.15) is 11.7 Å². The standard InChI is InChI=1S/C15H9ClN2O4S/c16-11-7-5-10(6-8-11)15(19)14-9-17-12-3-1-2-4-13(12)18(14)23(20,21)22/h1-9H/p+1. The fraction of sp³-hybridized carbons (Fsp3) is 0. The van der Waals surface area contributed by atoms with Gasteiger partial charge in [-0.05, 0) is 34.3 Å². The minimum absolute atomic E-state index is 0.106. The third-order valence-electron chi connectivity index (χ3n) is 3.22. The van der Waals surface area contributed by atoms with Crippen molar-refractivity contribution in [2.24, 2.45) is 0 Å². The molecule has 2 aromatic carbocycles. The van der Waals surface area contributed by atoms with Gasteiger partial charge in [0.25, 0.3) is 17.0 Å². The third-order valence-corrected chi connectivity index (χ3v) is 4.32. The van der Waals surface area contributed by atoms with Gasteiger partial charge in [0.05, 0.1) is 0 Å². The number of rotatable bonds is 3. The van der Waals surface area contributed by atoms with Gasteiger partial charge in [-0.2, -0.15) is 0 Å². The maximum absolute atomic E-state index is 12.6. The molecule has 0 saturated heterocycles. The van der Waals surface area contributed by atoms with Gasteiger partial charge < -0.3 is 0 Å². The number of carbonyl (C=O) groups is 1. The van der Waals surface area contributed by atoms with E-state index in [-0.39, 0.29) is 16.8 Å². The molecule has 23 heavy (non-hydrogen) atoms. The first-order chi connectivity index (χ1) is 10.9. The molecule has 0 radical (unpaired) electrons. The van der Waals surface area contributed by atoms with Crippen molar-refractivity contribution in [3.05, 3.63) is 71.0 Å². The van der Waals surface area contributed by atoms with Gasteiger partial charge in [-0.1, -0.05) is 23.7 Å². The van der Waals surface area contributed by atoms with Gasteiger partial charge in [-0.3, -0.25) is 4.79 Å². The summed E-state index contributed by atoms with van der Waals surface area (Å²) < 4.78 is 33.7. The van der Waals surface area contributed by atoms with Crippen LogP contribution in [0.25, 0.3) is 11.0 Å². The van der Waals surface area contributed by atoms with Crippen molar-refractivity contribution >= 4 is 38.7 Å². The van der Waals surface area contributed by atoms with Crippen LogP contribution in [-0.4, -0.2) is 23.7 Å². The van der Waals surface area contributed by atoms with E-state index < -0.39 is 16.1 Å². The van der Waals surface area contributed by atoms with Crippen LogP contribution in [0, 0.1) is 0 Å². The van der Waals surface area contributed by atoms with Gasteiger partial charge in [0, 0.05) is 16.7 Å². The monoisotopic (exact) mass is 349 g/mol. The molecule has 0 unspecified atom stereocenters. The highest BCUT2D eigenvalue weighted by molar-refractivity contribution is 7.79. The lowest BCUT2D eigenvalue weighted by Crippen LogP contribution is -2.48. The first-order valence-corrected chi connectivity index (χ1v) is 8.23. The fourth-order valence-electron chi connectivity index (χ4n) is 2.21. The molecule has 0 aliphatic carbocycles. The molecule has 3 aromatic rings. The number of para-hydroxylation sites is 2. The van der Waals surface area contributed by atoms with Crippen LogP contribution in [0.4, 0.5) is 0 Å². The van der Waals surface area contributed by atoms with E-state index in [1.165, 1.54) is 30.3 Å². The highest BCUT2D eigenvalue weighted by Gasteiger charge is 2.33. The van der Waals surface area contributed by atoms with E-state index in [2.05, 4.69) is 4.98 Å². The van der Waals surface area contributed by atoms with Crippen molar-refractivity contribution < 1.29 is 21.7 Å². The second-order valence-electron chi connectivity index (χ2n) is 4.71. The van der Waals surface area contributed by atoms with Crippen LogP contribution in [0.1, 0.15) is 16.1 Å². The molecule has 0 fully saturated rings. The fourth-order valence-corrected chi connectivity index (χ4v) is 3.11. The number of fused-ring (bicyclic) bond motifs is 1. The second-order valence-corrected chi connectivity index (χ2v) is 6.41. The Morgan fingerprint density at radius 3 is 2.39 bits per heavy atom. The van der Waals surface area contributed by atoms with Gasteiger partial charge in [-0.15, -0.1) is 8.42 Å². The maximum atomic E-state index is 12.6. The molecule has 1 aromatic heterocycles. The van der Waals surface area contributed by atoms with Crippen LogP contribution in [0.5, 0.6) is 0 Å². The Hall–Kier alpha value is -2.35. The zero-order valence-corrected chi connectivity index (χ0v) is 13.1. The zero-order chi connectivity index (χ0) is 16.6. The number of ketones is 1. The minimum atomic E-state index is -4.69. The van der Waals surface area contributed by atoms with Gasteiger partial charge in [0.15, 0.2) is 0 Å². The lowest BCUT2D eigenvalue weighted by molar-refractivity contribution is -0.492. The number of aromatic nitrogens is 2. The average molecular weight is 350 g/mol. The number of benzene rings is 2. The third kappa shape index (κ3) is 2.94. The van der Waals surface area contributed by atoms with Crippen LogP contribution in [0.2, 0.25) is 5.02 Å². The highest BCUT2D eigenvalue weighted by Crippen LogP contribution is 2.14. The van der Waals surface area contributed by atoms with Gasteiger partial charge in [-0.25, -0.2) is 9.54 Å². The number of carbonyl (C=O) groups excluding carboxylic acids is 1. The van der Waals surface area contributed by atoms with Crippen molar-refractivity contribution in [1.82, 2.24) is 4.98 Å². The summed E-state index contributed by atoms with van der Waals surface area (Å²) in [4.78, 5) is 16.7. The molecule has 0 aliphatic heterocycles. The number of nitrogens with zero attached hydrogens (tertiary/aromatic N) is 2. The molecule has 0 spiro atoms. The summed E-state index contributed by atoms with van der Waals surface area (Å²) in [6.45, 7) is 0. The van der Waals surface area contributed by atoms with E-state index in [1.54, 1.807) is 18.2 Å². The Morgan fingerprint density at radius 1 is 1.09 bits per heavy atom. The highest BCUT2D eigenvalue weighted by atomic mass is 35.5. The van der Waals surface area contributed by atoms with Crippen LogP contribution in [0.15, 0.2) is 54.7 Å². The summed E-state index contributed by atoms with van der Waals surface area (Å²) in [7, 11) is -4.69. The van der Waals surface area contributed by atoms with E-state index in [4.69, 9.17) is 11.6 Å².